The van der Waals surface area contributed by atoms with Gasteiger partial charge >= 0.3 is 5.97 Å². The molecule has 1 aromatic carbocycles. The van der Waals surface area contributed by atoms with Gasteiger partial charge in [0.15, 0.2) is 23.4 Å². The molecule has 0 saturated carbocycles. The molecule has 2 unspecified atom stereocenters. The highest BCUT2D eigenvalue weighted by molar-refractivity contribution is 9.10. The van der Waals surface area contributed by atoms with E-state index in [-0.39, 0.29) is 11.7 Å². The monoisotopic (exact) mass is 506 g/mol. The van der Waals surface area contributed by atoms with E-state index in [0.29, 0.717) is 17.1 Å². The summed E-state index contributed by atoms with van der Waals surface area (Å²) in [4.78, 5) is 25.0. The maximum atomic E-state index is 12.7. The van der Waals surface area contributed by atoms with Gasteiger partial charge in [0, 0.05) is 33.5 Å². The van der Waals surface area contributed by atoms with E-state index in [0.717, 1.165) is 40.4 Å². The molecule has 0 heterocycles. The molecule has 1 aliphatic carbocycles. The first-order chi connectivity index (χ1) is 15.0. The average Bonchev–Trinajstić information content (AvgIpc) is 2.73. The smallest absolute Gasteiger partial charge is 0.303 e. The maximum absolute atomic E-state index is 12.7. The van der Waals surface area contributed by atoms with Crippen LogP contribution in [-0.4, -0.2) is 26.0 Å². The predicted molar refractivity (Wildman–Crippen MR) is 130 cm³/mol. The lowest BCUT2D eigenvalue weighted by atomic mass is 9.69. The second-order valence-corrected chi connectivity index (χ2v) is 9.62. The van der Waals surface area contributed by atoms with Crippen LogP contribution >= 0.6 is 15.9 Å². The van der Waals surface area contributed by atoms with E-state index in [1.54, 1.807) is 20.3 Å². The van der Waals surface area contributed by atoms with Gasteiger partial charge in [0.1, 0.15) is 0 Å². The lowest BCUT2D eigenvalue weighted by Crippen LogP contribution is -2.30. The van der Waals surface area contributed by atoms with Crippen LogP contribution in [0.25, 0.3) is 0 Å². The summed E-state index contributed by atoms with van der Waals surface area (Å²) in [6.07, 6.45) is 5.72. The van der Waals surface area contributed by atoms with Gasteiger partial charge in [-0.1, -0.05) is 46.6 Å². The van der Waals surface area contributed by atoms with E-state index < -0.39 is 17.5 Å². The second-order valence-electron chi connectivity index (χ2n) is 8.83. The Morgan fingerprint density at radius 3 is 2.38 bits per heavy atom. The Morgan fingerprint density at radius 1 is 1.22 bits per heavy atom. The summed E-state index contributed by atoms with van der Waals surface area (Å²) in [5, 5.41) is 0. The number of rotatable bonds is 9. The molecule has 0 spiro atoms. The van der Waals surface area contributed by atoms with Gasteiger partial charge in [-0.3, -0.25) is 9.59 Å². The number of carbonyl (C=O) groups excluding carboxylic acids is 2. The van der Waals surface area contributed by atoms with Crippen molar-refractivity contribution in [1.82, 2.24) is 0 Å². The molecule has 1 aliphatic rings. The first-order valence-corrected chi connectivity index (χ1v) is 11.9. The molecule has 1 aromatic rings. The van der Waals surface area contributed by atoms with Crippen LogP contribution in [-0.2, 0) is 14.3 Å². The number of hydrogen-bond acceptors (Lipinski definition) is 5. The van der Waals surface area contributed by atoms with Gasteiger partial charge in [0.2, 0.25) is 0 Å². The molecule has 0 fully saturated rings. The Hall–Kier alpha value is -2.08. The highest BCUT2D eigenvalue weighted by Gasteiger charge is 2.40. The van der Waals surface area contributed by atoms with Crippen molar-refractivity contribution in [3.63, 3.8) is 0 Å². The van der Waals surface area contributed by atoms with Crippen molar-refractivity contribution in [2.45, 2.75) is 72.8 Å². The summed E-state index contributed by atoms with van der Waals surface area (Å²) in [6, 6.07) is 1.84. The van der Waals surface area contributed by atoms with E-state index >= 15 is 0 Å². The van der Waals surface area contributed by atoms with Crippen LogP contribution in [0.1, 0.15) is 84.0 Å². The zero-order valence-corrected chi connectivity index (χ0v) is 22.0. The van der Waals surface area contributed by atoms with E-state index in [2.05, 4.69) is 43.6 Å². The molecule has 0 aromatic heterocycles. The Bertz CT molecular complexity index is 944. The molecule has 0 amide bonds. The lowest BCUT2D eigenvalue weighted by molar-refractivity contribution is -0.145. The van der Waals surface area contributed by atoms with E-state index in [1.807, 2.05) is 19.1 Å². The summed E-state index contributed by atoms with van der Waals surface area (Å²) in [7, 11) is 3.20. The molecule has 0 radical (unpaired) electrons. The minimum atomic E-state index is -0.741. The molecule has 0 saturated heterocycles. The Labute approximate surface area is 200 Å². The largest absolute Gasteiger partial charge is 0.493 e. The Kier molecular flexibility index (Phi) is 8.74. The number of methoxy groups -OCH3 is 2. The quantitative estimate of drug-likeness (QED) is 0.342. The van der Waals surface area contributed by atoms with Gasteiger partial charge < -0.3 is 14.2 Å². The van der Waals surface area contributed by atoms with Crippen LogP contribution in [0.15, 0.2) is 33.8 Å². The Balaban J connectivity index is 2.87. The molecule has 176 valence electrons. The van der Waals surface area contributed by atoms with Gasteiger partial charge in [0.05, 0.1) is 14.2 Å². The summed E-state index contributed by atoms with van der Waals surface area (Å²) < 4.78 is 18.0. The number of carbonyl (C=O) groups is 2. The molecular weight excluding hydrogens is 472 g/mol. The molecule has 5 nitrogen and oxygen atoms in total. The van der Waals surface area contributed by atoms with Gasteiger partial charge in [-0.2, -0.15) is 0 Å². The van der Waals surface area contributed by atoms with Gasteiger partial charge in [-0.15, -0.1) is 0 Å². The topological polar surface area (TPSA) is 61.8 Å². The number of esters is 1. The number of ether oxygens (including phenoxy) is 3. The summed E-state index contributed by atoms with van der Waals surface area (Å²) in [5.74, 6) is 0.826. The number of benzene rings is 1. The summed E-state index contributed by atoms with van der Waals surface area (Å²) in [6.45, 7) is 11.6. The maximum Gasteiger partial charge on any atom is 0.303 e. The van der Waals surface area contributed by atoms with Crippen LogP contribution in [0.4, 0.5) is 0 Å². The van der Waals surface area contributed by atoms with E-state index in [1.165, 1.54) is 6.92 Å². The van der Waals surface area contributed by atoms with E-state index in [9.17, 15) is 9.59 Å². The number of ketones is 1. The summed E-state index contributed by atoms with van der Waals surface area (Å²) in [5.41, 5.74) is 2.67. The van der Waals surface area contributed by atoms with Crippen molar-refractivity contribution in [2.24, 2.45) is 5.41 Å². The van der Waals surface area contributed by atoms with Gasteiger partial charge in [-0.25, -0.2) is 0 Å². The molecule has 2 rings (SSSR count). The highest BCUT2D eigenvalue weighted by atomic mass is 79.9. The average molecular weight is 507 g/mol. The summed E-state index contributed by atoms with van der Waals surface area (Å²) >= 11 is 3.77. The number of halogens is 1. The lowest BCUT2D eigenvalue weighted by Gasteiger charge is -2.38. The second kappa shape index (κ2) is 10.7. The minimum Gasteiger partial charge on any atom is -0.493 e. The van der Waals surface area contributed by atoms with Crippen molar-refractivity contribution in [3.05, 3.63) is 45.0 Å². The fourth-order valence-corrected chi connectivity index (χ4v) is 5.42. The molecule has 6 heteroatoms. The number of unbranched alkanes of at least 4 members (excludes halogenated alkanes) is 1. The molecule has 0 N–H and O–H groups in total. The molecule has 0 aliphatic heterocycles. The first kappa shape index (κ1) is 26.2. The standard InChI is InChI=1S/C26H35BrO5/c1-9-10-12-26(6)13-11-19(29)16(4)22(26)24(32-17(5)28)18-14-20(30-7)25(31-8)21(15(2)3)23(18)27/h11,13-15,24H,9-10,12H2,1-8H3. The third-order valence-electron chi connectivity index (χ3n) is 6.12. The third-order valence-corrected chi connectivity index (χ3v) is 7.00. The van der Waals surface area contributed by atoms with Crippen LogP contribution < -0.4 is 9.47 Å². The van der Waals surface area contributed by atoms with Crippen molar-refractivity contribution in [1.29, 1.82) is 0 Å². The predicted octanol–water partition coefficient (Wildman–Crippen LogP) is 6.85. The highest BCUT2D eigenvalue weighted by Crippen LogP contribution is 2.52. The molecule has 32 heavy (non-hydrogen) atoms. The van der Waals surface area contributed by atoms with Gasteiger partial charge in [-0.05, 0) is 52.9 Å². The molecule has 0 bridgehead atoms. The first-order valence-electron chi connectivity index (χ1n) is 11.1. The van der Waals surface area contributed by atoms with Crippen LogP contribution in [0, 0.1) is 5.41 Å². The molecular formula is C26H35BrO5. The minimum absolute atomic E-state index is 0.0631. The normalized spacial score (nSPS) is 19.4. The fraction of sp³-hybridized carbons (Fsp3) is 0.538. The van der Waals surface area contributed by atoms with Crippen molar-refractivity contribution in [3.8, 4) is 11.5 Å². The fourth-order valence-electron chi connectivity index (χ4n) is 4.46. The van der Waals surface area contributed by atoms with Crippen LogP contribution in [0.3, 0.4) is 0 Å². The number of hydrogen-bond donors (Lipinski definition) is 0. The van der Waals surface area contributed by atoms with Crippen LogP contribution in [0.5, 0.6) is 11.5 Å². The van der Waals surface area contributed by atoms with Crippen LogP contribution in [0.2, 0.25) is 0 Å². The third kappa shape index (κ3) is 5.11. The van der Waals surface area contributed by atoms with Crippen molar-refractivity contribution >= 4 is 27.7 Å². The van der Waals surface area contributed by atoms with Crippen molar-refractivity contribution < 1.29 is 23.8 Å². The van der Waals surface area contributed by atoms with Crippen molar-refractivity contribution in [2.75, 3.05) is 14.2 Å². The SMILES string of the molecule is CCCCC1(C)C=CC(=O)C(C)=C1C(OC(C)=O)c1cc(OC)c(OC)c(C(C)C)c1Br. The Morgan fingerprint density at radius 2 is 1.88 bits per heavy atom. The zero-order valence-electron chi connectivity index (χ0n) is 20.4. The van der Waals surface area contributed by atoms with E-state index in [4.69, 9.17) is 14.2 Å². The molecule has 2 atom stereocenters. The number of allylic oxidation sites excluding steroid dienone is 3. The van der Waals surface area contributed by atoms with Gasteiger partial charge in [0.25, 0.3) is 0 Å². The zero-order chi connectivity index (χ0) is 24.2.